The van der Waals surface area contributed by atoms with Crippen molar-refractivity contribution in [2.45, 2.75) is 13.0 Å². The zero-order valence-corrected chi connectivity index (χ0v) is 14.3. The SMILES string of the molecule is O=c1oc(-c2ccc(F)cc2)nn1Cc1cc(Cl)c2c(c1)OCCCO2. The van der Waals surface area contributed by atoms with Crippen molar-refractivity contribution in [3.05, 3.63) is 63.4 Å². The number of benzene rings is 2. The highest BCUT2D eigenvalue weighted by molar-refractivity contribution is 6.32. The summed E-state index contributed by atoms with van der Waals surface area (Å²) in [5, 5.41) is 4.58. The van der Waals surface area contributed by atoms with Crippen LogP contribution in [-0.2, 0) is 6.54 Å². The Morgan fingerprint density at radius 3 is 2.73 bits per heavy atom. The van der Waals surface area contributed by atoms with E-state index in [0.29, 0.717) is 35.3 Å². The Morgan fingerprint density at radius 2 is 1.92 bits per heavy atom. The van der Waals surface area contributed by atoms with Crippen LogP contribution < -0.4 is 15.2 Å². The molecule has 0 unspecified atom stereocenters. The Kier molecular flexibility index (Phi) is 4.38. The molecule has 2 heterocycles. The third kappa shape index (κ3) is 3.30. The van der Waals surface area contributed by atoms with Crippen LogP contribution >= 0.6 is 11.6 Å². The van der Waals surface area contributed by atoms with Gasteiger partial charge in [0.05, 0.1) is 24.8 Å². The summed E-state index contributed by atoms with van der Waals surface area (Å²) in [6.07, 6.45) is 0.768. The molecule has 0 saturated carbocycles. The van der Waals surface area contributed by atoms with Gasteiger partial charge in [-0.1, -0.05) is 11.6 Å². The van der Waals surface area contributed by atoms with Gasteiger partial charge in [0, 0.05) is 12.0 Å². The number of ether oxygens (including phenoxy) is 2. The molecule has 0 saturated heterocycles. The molecular weight excluding hydrogens is 363 g/mol. The number of nitrogens with zero attached hydrogens (tertiary/aromatic N) is 2. The lowest BCUT2D eigenvalue weighted by atomic mass is 10.2. The molecule has 0 amide bonds. The van der Waals surface area contributed by atoms with Crippen LogP contribution in [0.1, 0.15) is 12.0 Å². The Balaban J connectivity index is 1.64. The minimum absolute atomic E-state index is 0.121. The number of rotatable bonds is 3. The first-order valence-electron chi connectivity index (χ1n) is 8.02. The molecule has 1 aromatic heterocycles. The summed E-state index contributed by atoms with van der Waals surface area (Å²) < 4.78 is 30.6. The molecule has 4 rings (SSSR count). The Bertz CT molecular complexity index is 997. The fourth-order valence-electron chi connectivity index (χ4n) is 2.66. The topological polar surface area (TPSA) is 66.5 Å². The average Bonchev–Trinajstić information content (AvgIpc) is 2.82. The molecule has 0 radical (unpaired) electrons. The number of hydrogen-bond donors (Lipinski definition) is 0. The molecule has 134 valence electrons. The van der Waals surface area contributed by atoms with Gasteiger partial charge in [0.25, 0.3) is 0 Å². The predicted molar refractivity (Wildman–Crippen MR) is 92.3 cm³/mol. The zero-order valence-electron chi connectivity index (χ0n) is 13.6. The van der Waals surface area contributed by atoms with E-state index in [4.69, 9.17) is 25.5 Å². The van der Waals surface area contributed by atoms with Gasteiger partial charge in [-0.3, -0.25) is 0 Å². The highest BCUT2D eigenvalue weighted by atomic mass is 35.5. The van der Waals surface area contributed by atoms with Crippen LogP contribution in [0.25, 0.3) is 11.5 Å². The lowest BCUT2D eigenvalue weighted by Gasteiger charge is -2.11. The van der Waals surface area contributed by atoms with E-state index in [0.717, 1.165) is 12.0 Å². The fraction of sp³-hybridized carbons (Fsp3) is 0.222. The summed E-state index contributed by atoms with van der Waals surface area (Å²) in [6, 6.07) is 9.01. The van der Waals surface area contributed by atoms with Crippen molar-refractivity contribution < 1.29 is 18.3 Å². The minimum Gasteiger partial charge on any atom is -0.489 e. The molecule has 0 bridgehead atoms. The van der Waals surface area contributed by atoms with Gasteiger partial charge in [-0.05, 0) is 42.0 Å². The molecule has 1 aliphatic rings. The second-order valence-corrected chi connectivity index (χ2v) is 6.20. The van der Waals surface area contributed by atoms with Crippen LogP contribution in [0.5, 0.6) is 11.5 Å². The van der Waals surface area contributed by atoms with Crippen LogP contribution in [0.15, 0.2) is 45.6 Å². The first-order valence-corrected chi connectivity index (χ1v) is 8.40. The minimum atomic E-state index is -0.618. The second-order valence-electron chi connectivity index (χ2n) is 5.79. The molecule has 3 aromatic rings. The van der Waals surface area contributed by atoms with Gasteiger partial charge in [-0.25, -0.2) is 9.18 Å². The molecule has 26 heavy (non-hydrogen) atoms. The first-order chi connectivity index (χ1) is 12.6. The van der Waals surface area contributed by atoms with E-state index in [1.54, 1.807) is 12.1 Å². The molecule has 1 aliphatic heterocycles. The van der Waals surface area contributed by atoms with E-state index in [2.05, 4.69) is 5.10 Å². The van der Waals surface area contributed by atoms with Gasteiger partial charge in [-0.2, -0.15) is 4.68 Å². The Labute approximate surface area is 152 Å². The number of aromatic nitrogens is 2. The summed E-state index contributed by atoms with van der Waals surface area (Å²) >= 11 is 6.27. The molecule has 8 heteroatoms. The Hall–Kier alpha value is -2.80. The lowest BCUT2D eigenvalue weighted by molar-refractivity contribution is 0.297. The highest BCUT2D eigenvalue weighted by Crippen LogP contribution is 2.38. The van der Waals surface area contributed by atoms with Crippen molar-refractivity contribution in [2.24, 2.45) is 0 Å². The summed E-state index contributed by atoms with van der Waals surface area (Å²) in [5.74, 6) is 0.174. The van der Waals surface area contributed by atoms with Crippen molar-refractivity contribution >= 4 is 11.6 Å². The van der Waals surface area contributed by atoms with Crippen LogP contribution in [-0.4, -0.2) is 23.0 Å². The van der Waals surface area contributed by atoms with Crippen LogP contribution in [0.4, 0.5) is 4.39 Å². The maximum Gasteiger partial charge on any atom is 0.437 e. The number of hydrogen-bond acceptors (Lipinski definition) is 5. The first kappa shape index (κ1) is 16.7. The number of halogens is 2. The molecule has 0 atom stereocenters. The van der Waals surface area contributed by atoms with Crippen LogP contribution in [0.2, 0.25) is 5.02 Å². The standard InChI is InChI=1S/C18H14ClFN2O4/c19-14-8-11(9-15-16(14)25-7-1-6-24-15)10-22-18(23)26-17(21-22)12-2-4-13(20)5-3-12/h2-5,8-9H,1,6-7,10H2. The number of fused-ring (bicyclic) bond motifs is 1. The van der Waals surface area contributed by atoms with E-state index in [9.17, 15) is 9.18 Å². The lowest BCUT2D eigenvalue weighted by Crippen LogP contribution is -2.16. The van der Waals surface area contributed by atoms with Crippen LogP contribution in [0.3, 0.4) is 0 Å². The van der Waals surface area contributed by atoms with Gasteiger partial charge in [0.2, 0.25) is 5.89 Å². The van der Waals surface area contributed by atoms with Crippen molar-refractivity contribution in [3.63, 3.8) is 0 Å². The quantitative estimate of drug-likeness (QED) is 0.700. The van der Waals surface area contributed by atoms with Crippen molar-refractivity contribution in [3.8, 4) is 23.0 Å². The third-order valence-electron chi connectivity index (χ3n) is 3.89. The maximum absolute atomic E-state index is 13.0. The largest absolute Gasteiger partial charge is 0.489 e. The van der Waals surface area contributed by atoms with Gasteiger partial charge in [0.15, 0.2) is 11.5 Å². The zero-order chi connectivity index (χ0) is 18.1. The summed E-state index contributed by atoms with van der Waals surface area (Å²) in [4.78, 5) is 12.1. The predicted octanol–water partition coefficient (Wildman–Crippen LogP) is 3.51. The summed E-state index contributed by atoms with van der Waals surface area (Å²) in [5.41, 5.74) is 1.24. The highest BCUT2D eigenvalue weighted by Gasteiger charge is 2.17. The molecular formula is C18H14ClFN2O4. The van der Waals surface area contributed by atoms with Crippen LogP contribution in [0, 0.1) is 5.82 Å². The van der Waals surface area contributed by atoms with Gasteiger partial charge < -0.3 is 13.9 Å². The molecule has 0 N–H and O–H groups in total. The smallest absolute Gasteiger partial charge is 0.437 e. The van der Waals surface area contributed by atoms with Gasteiger partial charge in [-0.15, -0.1) is 5.10 Å². The van der Waals surface area contributed by atoms with E-state index in [1.165, 1.54) is 28.9 Å². The maximum atomic E-state index is 13.0. The molecule has 0 fully saturated rings. The van der Waals surface area contributed by atoms with E-state index in [-0.39, 0.29) is 18.3 Å². The monoisotopic (exact) mass is 376 g/mol. The molecule has 2 aromatic carbocycles. The van der Waals surface area contributed by atoms with Crippen molar-refractivity contribution in [1.82, 2.24) is 9.78 Å². The average molecular weight is 377 g/mol. The third-order valence-corrected chi connectivity index (χ3v) is 4.17. The molecule has 6 nitrogen and oxygen atoms in total. The molecule has 0 aliphatic carbocycles. The van der Waals surface area contributed by atoms with Crippen molar-refractivity contribution in [2.75, 3.05) is 13.2 Å². The van der Waals surface area contributed by atoms with Gasteiger partial charge >= 0.3 is 5.76 Å². The van der Waals surface area contributed by atoms with Gasteiger partial charge in [0.1, 0.15) is 5.82 Å². The van der Waals surface area contributed by atoms with E-state index < -0.39 is 5.76 Å². The Morgan fingerprint density at radius 1 is 1.15 bits per heavy atom. The summed E-state index contributed by atoms with van der Waals surface area (Å²) in [6.45, 7) is 1.22. The van der Waals surface area contributed by atoms with E-state index >= 15 is 0 Å². The normalized spacial score (nSPS) is 13.5. The van der Waals surface area contributed by atoms with E-state index in [1.807, 2.05) is 0 Å². The summed E-state index contributed by atoms with van der Waals surface area (Å²) in [7, 11) is 0. The molecule has 0 spiro atoms. The fourth-order valence-corrected chi connectivity index (χ4v) is 2.95. The van der Waals surface area contributed by atoms with Crippen molar-refractivity contribution in [1.29, 1.82) is 0 Å². The second kappa shape index (κ2) is 6.84.